The summed E-state index contributed by atoms with van der Waals surface area (Å²) in [4.78, 5) is 11.5. The topological polar surface area (TPSA) is 62.1 Å². The highest BCUT2D eigenvalue weighted by Gasteiger charge is 2.13. The van der Waals surface area contributed by atoms with Gasteiger partial charge in [0, 0.05) is 13.8 Å². The van der Waals surface area contributed by atoms with Crippen LogP contribution in [0.4, 0.5) is 10.5 Å². The van der Waals surface area contributed by atoms with Crippen molar-refractivity contribution in [1.29, 1.82) is 5.26 Å². The average Bonchev–Trinajstić information content (AvgIpc) is 2.27. The second-order valence-electron chi connectivity index (χ2n) is 5.26. The Morgan fingerprint density at radius 2 is 2.17 bits per heavy atom. The van der Waals surface area contributed by atoms with Gasteiger partial charge in [-0.25, -0.2) is 4.79 Å². The third kappa shape index (κ3) is 5.50. The van der Waals surface area contributed by atoms with Gasteiger partial charge in [0.15, 0.2) is 0 Å². The van der Waals surface area contributed by atoms with E-state index in [1.807, 2.05) is 6.07 Å². The maximum Gasteiger partial charge on any atom is 0.411 e. The Morgan fingerprint density at radius 1 is 1.44 bits per heavy atom. The SMILES string of the molecule is C[Si](C)(C)CCOC(=O)Nc1cccc(C#N)c1. The van der Waals surface area contributed by atoms with Crippen molar-refractivity contribution >= 4 is 19.9 Å². The zero-order valence-electron chi connectivity index (χ0n) is 11.0. The van der Waals surface area contributed by atoms with Crippen molar-refractivity contribution in [3.63, 3.8) is 0 Å². The van der Waals surface area contributed by atoms with Gasteiger partial charge in [0.25, 0.3) is 0 Å². The van der Waals surface area contributed by atoms with Crippen molar-refractivity contribution in [3.8, 4) is 6.07 Å². The van der Waals surface area contributed by atoms with Crippen LogP contribution in [0.3, 0.4) is 0 Å². The van der Waals surface area contributed by atoms with E-state index in [-0.39, 0.29) is 0 Å². The van der Waals surface area contributed by atoms with Crippen LogP contribution in [-0.2, 0) is 4.74 Å². The van der Waals surface area contributed by atoms with Crippen molar-refractivity contribution in [2.24, 2.45) is 0 Å². The lowest BCUT2D eigenvalue weighted by Crippen LogP contribution is -2.24. The van der Waals surface area contributed by atoms with Crippen molar-refractivity contribution in [2.45, 2.75) is 25.7 Å². The monoisotopic (exact) mass is 262 g/mol. The van der Waals surface area contributed by atoms with E-state index in [1.165, 1.54) is 0 Å². The van der Waals surface area contributed by atoms with Gasteiger partial charge in [0.05, 0.1) is 18.2 Å². The highest BCUT2D eigenvalue weighted by Crippen LogP contribution is 2.11. The Kier molecular flexibility index (Phi) is 4.92. The van der Waals surface area contributed by atoms with E-state index < -0.39 is 14.2 Å². The Labute approximate surface area is 109 Å². The number of anilines is 1. The first-order valence-corrected chi connectivity index (χ1v) is 9.55. The number of amides is 1. The number of hydrogen-bond acceptors (Lipinski definition) is 3. The number of benzene rings is 1. The van der Waals surface area contributed by atoms with Gasteiger partial charge in [0.1, 0.15) is 0 Å². The Morgan fingerprint density at radius 3 is 2.78 bits per heavy atom. The lowest BCUT2D eigenvalue weighted by atomic mass is 10.2. The van der Waals surface area contributed by atoms with Crippen molar-refractivity contribution < 1.29 is 9.53 Å². The van der Waals surface area contributed by atoms with Crippen molar-refractivity contribution in [3.05, 3.63) is 29.8 Å². The van der Waals surface area contributed by atoms with Crippen LogP contribution in [0.1, 0.15) is 5.56 Å². The van der Waals surface area contributed by atoms with Crippen molar-refractivity contribution in [2.75, 3.05) is 11.9 Å². The van der Waals surface area contributed by atoms with Crippen LogP contribution in [0.15, 0.2) is 24.3 Å². The zero-order valence-corrected chi connectivity index (χ0v) is 12.0. The molecule has 0 aliphatic rings. The predicted molar refractivity (Wildman–Crippen MR) is 74.3 cm³/mol. The summed E-state index contributed by atoms with van der Waals surface area (Å²) < 4.78 is 5.10. The molecule has 0 spiro atoms. The summed E-state index contributed by atoms with van der Waals surface area (Å²) >= 11 is 0. The lowest BCUT2D eigenvalue weighted by Gasteiger charge is -2.15. The summed E-state index contributed by atoms with van der Waals surface area (Å²) in [5, 5.41) is 11.3. The smallest absolute Gasteiger partial charge is 0.411 e. The van der Waals surface area contributed by atoms with Gasteiger partial charge >= 0.3 is 6.09 Å². The summed E-state index contributed by atoms with van der Waals surface area (Å²) in [6, 6.07) is 9.69. The lowest BCUT2D eigenvalue weighted by molar-refractivity contribution is 0.167. The van der Waals surface area contributed by atoms with Crippen LogP contribution in [-0.4, -0.2) is 20.8 Å². The summed E-state index contributed by atoms with van der Waals surface area (Å²) in [5.41, 5.74) is 1.09. The minimum absolute atomic E-state index is 0.444. The normalized spacial score (nSPS) is 10.6. The van der Waals surface area contributed by atoms with Gasteiger partial charge in [-0.1, -0.05) is 25.7 Å². The molecule has 0 aliphatic heterocycles. The van der Waals surface area contributed by atoms with Crippen LogP contribution < -0.4 is 5.32 Å². The first kappa shape index (κ1) is 14.3. The van der Waals surface area contributed by atoms with Gasteiger partial charge in [0.2, 0.25) is 0 Å². The minimum Gasteiger partial charge on any atom is -0.450 e. The molecule has 4 nitrogen and oxygen atoms in total. The van der Waals surface area contributed by atoms with E-state index in [0.717, 1.165) is 6.04 Å². The van der Waals surface area contributed by atoms with Crippen LogP contribution in [0.25, 0.3) is 0 Å². The molecular weight excluding hydrogens is 244 g/mol. The molecule has 0 heterocycles. The molecule has 0 saturated heterocycles. The van der Waals surface area contributed by atoms with Gasteiger partial charge in [-0.15, -0.1) is 0 Å². The number of ether oxygens (including phenoxy) is 1. The van der Waals surface area contributed by atoms with E-state index in [9.17, 15) is 4.79 Å². The highest BCUT2D eigenvalue weighted by atomic mass is 28.3. The molecule has 0 fully saturated rings. The maximum atomic E-state index is 11.5. The van der Waals surface area contributed by atoms with Gasteiger partial charge < -0.3 is 4.74 Å². The minimum atomic E-state index is -1.18. The van der Waals surface area contributed by atoms with Crippen LogP contribution in [0.2, 0.25) is 25.7 Å². The molecule has 1 amide bonds. The van der Waals surface area contributed by atoms with Crippen molar-refractivity contribution in [1.82, 2.24) is 0 Å². The number of carbonyl (C=O) groups is 1. The highest BCUT2D eigenvalue weighted by molar-refractivity contribution is 6.76. The van der Waals surface area contributed by atoms with Gasteiger partial charge in [-0.2, -0.15) is 5.26 Å². The van der Waals surface area contributed by atoms with Gasteiger partial charge in [-0.05, 0) is 24.2 Å². The molecule has 0 radical (unpaired) electrons. The van der Waals surface area contributed by atoms with E-state index in [2.05, 4.69) is 25.0 Å². The number of nitrogens with zero attached hydrogens (tertiary/aromatic N) is 1. The molecule has 1 N–H and O–H groups in total. The molecule has 0 bridgehead atoms. The molecule has 0 saturated carbocycles. The van der Waals surface area contributed by atoms with Gasteiger partial charge in [-0.3, -0.25) is 5.32 Å². The van der Waals surface area contributed by atoms with E-state index in [1.54, 1.807) is 24.3 Å². The summed E-state index contributed by atoms with van der Waals surface area (Å²) in [5.74, 6) is 0. The molecule has 96 valence electrons. The second kappa shape index (κ2) is 6.22. The quantitative estimate of drug-likeness (QED) is 0.845. The van der Waals surface area contributed by atoms with E-state index >= 15 is 0 Å². The molecule has 1 aromatic carbocycles. The maximum absolute atomic E-state index is 11.5. The average molecular weight is 262 g/mol. The fourth-order valence-electron chi connectivity index (χ4n) is 1.27. The van der Waals surface area contributed by atoms with E-state index in [0.29, 0.717) is 17.9 Å². The fraction of sp³-hybridized carbons (Fsp3) is 0.385. The number of nitrogens with one attached hydrogen (secondary N) is 1. The molecule has 1 aromatic rings. The molecule has 0 aliphatic carbocycles. The molecule has 5 heteroatoms. The van der Waals surface area contributed by atoms with Crippen LogP contribution in [0.5, 0.6) is 0 Å². The summed E-state index contributed by atoms with van der Waals surface area (Å²) in [7, 11) is -1.18. The fourth-order valence-corrected chi connectivity index (χ4v) is 1.98. The summed E-state index contributed by atoms with van der Waals surface area (Å²) in [6.07, 6.45) is -0.469. The second-order valence-corrected chi connectivity index (χ2v) is 10.9. The third-order valence-electron chi connectivity index (χ3n) is 2.32. The number of rotatable bonds is 4. The summed E-state index contributed by atoms with van der Waals surface area (Å²) in [6.45, 7) is 7.12. The van der Waals surface area contributed by atoms with Crippen LogP contribution >= 0.6 is 0 Å². The number of hydrogen-bond donors (Lipinski definition) is 1. The first-order valence-electron chi connectivity index (χ1n) is 5.85. The van der Waals surface area contributed by atoms with Crippen LogP contribution in [0, 0.1) is 11.3 Å². The standard InChI is InChI=1S/C13H18N2O2Si/c1-18(2,3)8-7-17-13(16)15-12-6-4-5-11(9-12)10-14/h4-6,9H,7-8H2,1-3H3,(H,15,16). The molecule has 18 heavy (non-hydrogen) atoms. The predicted octanol–water partition coefficient (Wildman–Crippen LogP) is 3.44. The third-order valence-corrected chi connectivity index (χ3v) is 4.03. The Hall–Kier alpha value is -1.80. The molecule has 1 rings (SSSR count). The molecule has 0 unspecified atom stereocenters. The number of nitriles is 1. The number of carbonyl (C=O) groups excluding carboxylic acids is 1. The Balaban J connectivity index is 2.43. The van der Waals surface area contributed by atoms with E-state index in [4.69, 9.17) is 10.00 Å². The largest absolute Gasteiger partial charge is 0.450 e. The Bertz CT molecular complexity index is 461. The molecule has 0 atom stereocenters. The molecular formula is C13H18N2O2Si. The zero-order chi connectivity index (χ0) is 13.6. The first-order chi connectivity index (χ1) is 8.40. The molecule has 0 aromatic heterocycles.